The Morgan fingerprint density at radius 1 is 1.21 bits per heavy atom. The number of hydrogen-bond acceptors (Lipinski definition) is 5. The van der Waals surface area contributed by atoms with Crippen LogP contribution in [0.15, 0.2) is 42.5 Å². The minimum atomic E-state index is -2.69. The summed E-state index contributed by atoms with van der Waals surface area (Å²) in [5.41, 5.74) is 2.03. The van der Waals surface area contributed by atoms with Gasteiger partial charge in [-0.15, -0.1) is 0 Å². The fraction of sp³-hybridized carbons (Fsp3) is 0.188. The maximum Gasteiger partial charge on any atom is 0.265 e. The van der Waals surface area contributed by atoms with Gasteiger partial charge in [0.1, 0.15) is 11.5 Å². The van der Waals surface area contributed by atoms with E-state index in [1.807, 2.05) is 0 Å². The van der Waals surface area contributed by atoms with E-state index < -0.39 is 10.9 Å². The highest BCUT2D eigenvalue weighted by atomic mass is 32.2. The number of amides is 1. The Morgan fingerprint density at radius 2 is 1.96 bits per heavy atom. The lowest BCUT2D eigenvalue weighted by atomic mass is 10.1. The molecule has 0 aliphatic carbocycles. The molecule has 7 nitrogen and oxygen atoms in total. The maximum atomic E-state index is 12.2. The van der Waals surface area contributed by atoms with E-state index in [0.717, 1.165) is 5.56 Å². The zero-order valence-electron chi connectivity index (χ0n) is 12.9. The molecule has 0 spiro atoms. The minimum absolute atomic E-state index is 0.0313. The second-order valence-corrected chi connectivity index (χ2v) is 5.91. The summed E-state index contributed by atoms with van der Waals surface area (Å²) in [4.78, 5) is 13.8. The van der Waals surface area contributed by atoms with E-state index in [1.165, 1.54) is 0 Å². The average Bonchev–Trinajstić information content (AvgIpc) is 2.58. The van der Waals surface area contributed by atoms with Gasteiger partial charge >= 0.3 is 0 Å². The van der Waals surface area contributed by atoms with Crippen molar-refractivity contribution in [3.8, 4) is 11.5 Å². The second kappa shape index (κ2) is 6.79. The van der Waals surface area contributed by atoms with E-state index in [0.29, 0.717) is 29.4 Å². The molecule has 0 fully saturated rings. The molecule has 1 aliphatic rings. The smallest absolute Gasteiger partial charge is 0.265 e. The Bertz CT molecular complexity index is 825. The van der Waals surface area contributed by atoms with Gasteiger partial charge in [-0.2, -0.15) is 0 Å². The first-order chi connectivity index (χ1) is 11.6. The van der Waals surface area contributed by atoms with Crippen molar-refractivity contribution >= 4 is 28.2 Å². The van der Waals surface area contributed by atoms with E-state index in [-0.39, 0.29) is 12.5 Å². The Hall–Kier alpha value is -2.74. The molecule has 0 aromatic heterocycles. The van der Waals surface area contributed by atoms with Crippen LogP contribution in [0.5, 0.6) is 11.5 Å². The third-order valence-corrected chi connectivity index (χ3v) is 4.07. The SMILES string of the molecule is COc1ccc2c(c1)OCC(=O)N2Cc1ccc(N[SH](=O)=O)cc1. The van der Waals surface area contributed by atoms with Crippen LogP contribution in [0.4, 0.5) is 11.4 Å². The third-order valence-electron chi connectivity index (χ3n) is 3.62. The molecule has 0 saturated carbocycles. The molecule has 2 aromatic rings. The first-order valence-corrected chi connectivity index (χ1v) is 8.36. The van der Waals surface area contributed by atoms with Crippen LogP contribution in [-0.4, -0.2) is 28.0 Å². The number of fused-ring (bicyclic) bond motifs is 1. The van der Waals surface area contributed by atoms with Crippen molar-refractivity contribution in [2.24, 2.45) is 0 Å². The molecular formula is C16H16N2O5S. The molecule has 0 saturated heterocycles. The van der Waals surface area contributed by atoms with Crippen molar-refractivity contribution in [1.82, 2.24) is 0 Å². The summed E-state index contributed by atoms with van der Waals surface area (Å²) >= 11 is 0. The number of nitrogens with one attached hydrogen (secondary N) is 1. The summed E-state index contributed by atoms with van der Waals surface area (Å²) in [6.45, 7) is 0.335. The molecule has 8 heteroatoms. The first kappa shape index (κ1) is 16.1. The van der Waals surface area contributed by atoms with Crippen molar-refractivity contribution in [3.05, 3.63) is 48.0 Å². The lowest BCUT2D eigenvalue weighted by Gasteiger charge is -2.29. The predicted octanol–water partition coefficient (Wildman–Crippen LogP) is 1.56. The minimum Gasteiger partial charge on any atom is -0.497 e. The number of benzene rings is 2. The molecular weight excluding hydrogens is 332 g/mol. The van der Waals surface area contributed by atoms with Crippen LogP contribution in [0.3, 0.4) is 0 Å². The number of rotatable bonds is 5. The van der Waals surface area contributed by atoms with Gasteiger partial charge in [0, 0.05) is 11.8 Å². The molecule has 2 aromatic carbocycles. The number of methoxy groups -OCH3 is 1. The van der Waals surface area contributed by atoms with Gasteiger partial charge in [0.15, 0.2) is 6.61 Å². The molecule has 0 atom stereocenters. The van der Waals surface area contributed by atoms with Crippen LogP contribution in [0.2, 0.25) is 0 Å². The van der Waals surface area contributed by atoms with Gasteiger partial charge in [-0.1, -0.05) is 12.1 Å². The van der Waals surface area contributed by atoms with Crippen LogP contribution < -0.4 is 19.1 Å². The highest BCUT2D eigenvalue weighted by molar-refractivity contribution is 7.73. The van der Waals surface area contributed by atoms with Crippen molar-refractivity contribution < 1.29 is 22.7 Å². The monoisotopic (exact) mass is 348 g/mol. The van der Waals surface area contributed by atoms with Crippen LogP contribution >= 0.6 is 0 Å². The second-order valence-electron chi connectivity index (χ2n) is 5.17. The fourth-order valence-electron chi connectivity index (χ4n) is 2.46. The number of thiol groups is 1. The number of anilines is 2. The lowest BCUT2D eigenvalue weighted by Crippen LogP contribution is -2.38. The van der Waals surface area contributed by atoms with Crippen LogP contribution in [0.25, 0.3) is 0 Å². The third kappa shape index (κ3) is 3.43. The van der Waals surface area contributed by atoms with Gasteiger partial charge in [0.2, 0.25) is 10.9 Å². The number of nitrogens with zero attached hydrogens (tertiary/aromatic N) is 1. The normalized spacial score (nSPS) is 13.4. The lowest BCUT2D eigenvalue weighted by molar-refractivity contribution is -0.121. The highest BCUT2D eigenvalue weighted by Gasteiger charge is 2.26. The van der Waals surface area contributed by atoms with Crippen LogP contribution in [0, 0.1) is 0 Å². The predicted molar refractivity (Wildman–Crippen MR) is 90.1 cm³/mol. The zero-order valence-corrected chi connectivity index (χ0v) is 13.8. The van der Waals surface area contributed by atoms with Crippen LogP contribution in [-0.2, 0) is 22.2 Å². The molecule has 0 unspecified atom stereocenters. The summed E-state index contributed by atoms with van der Waals surface area (Å²) in [7, 11) is -1.12. The standard InChI is InChI=1S/C16H16N2O5S/c1-22-13-6-7-14-15(8-13)23-10-16(19)18(14)9-11-2-4-12(5-3-11)17-24(20)21/h2-8,24H,9-10H2,1H3,(H,17,20,21). The Labute approximate surface area is 140 Å². The van der Waals surface area contributed by atoms with Crippen LogP contribution in [0.1, 0.15) is 5.56 Å². The van der Waals surface area contributed by atoms with Crippen molar-refractivity contribution in [3.63, 3.8) is 0 Å². The summed E-state index contributed by atoms with van der Waals surface area (Å²) < 4.78 is 34.2. The van der Waals surface area contributed by atoms with Crippen molar-refractivity contribution in [2.75, 3.05) is 23.3 Å². The van der Waals surface area contributed by atoms with Gasteiger partial charge in [-0.05, 0) is 29.8 Å². The van der Waals surface area contributed by atoms with Gasteiger partial charge < -0.3 is 14.4 Å². The van der Waals surface area contributed by atoms with Crippen molar-refractivity contribution in [1.29, 1.82) is 0 Å². The quantitative estimate of drug-likeness (QED) is 0.801. The number of carbonyl (C=O) groups is 1. The van der Waals surface area contributed by atoms with E-state index in [2.05, 4.69) is 4.72 Å². The summed E-state index contributed by atoms with van der Waals surface area (Å²) in [5, 5.41) is 0. The molecule has 1 heterocycles. The molecule has 1 amide bonds. The molecule has 126 valence electrons. The average molecular weight is 348 g/mol. The number of carbonyl (C=O) groups excluding carboxylic acids is 1. The molecule has 0 bridgehead atoms. The maximum absolute atomic E-state index is 12.2. The first-order valence-electron chi connectivity index (χ1n) is 7.18. The van der Waals surface area contributed by atoms with E-state index in [4.69, 9.17) is 9.47 Å². The topological polar surface area (TPSA) is 84.9 Å². The zero-order chi connectivity index (χ0) is 17.1. The summed E-state index contributed by atoms with van der Waals surface area (Å²) in [5.74, 6) is 1.11. The van der Waals surface area contributed by atoms with E-state index >= 15 is 0 Å². The van der Waals surface area contributed by atoms with Gasteiger partial charge in [0.25, 0.3) is 5.91 Å². The fourth-order valence-corrected chi connectivity index (χ4v) is 2.82. The highest BCUT2D eigenvalue weighted by Crippen LogP contribution is 2.36. The molecule has 1 N–H and O–H groups in total. The van der Waals surface area contributed by atoms with E-state index in [9.17, 15) is 13.2 Å². The van der Waals surface area contributed by atoms with Gasteiger partial charge in [-0.3, -0.25) is 9.52 Å². The number of ether oxygens (including phenoxy) is 2. The summed E-state index contributed by atoms with van der Waals surface area (Å²) in [6, 6.07) is 12.1. The van der Waals surface area contributed by atoms with Gasteiger partial charge in [-0.25, -0.2) is 8.42 Å². The Morgan fingerprint density at radius 3 is 2.62 bits per heavy atom. The number of hydrogen-bond donors (Lipinski definition) is 2. The Balaban J connectivity index is 1.83. The Kier molecular flexibility index (Phi) is 4.57. The van der Waals surface area contributed by atoms with E-state index in [1.54, 1.807) is 54.5 Å². The van der Waals surface area contributed by atoms with Gasteiger partial charge in [0.05, 0.1) is 19.3 Å². The molecule has 3 rings (SSSR count). The largest absolute Gasteiger partial charge is 0.497 e. The molecule has 24 heavy (non-hydrogen) atoms. The molecule has 1 aliphatic heterocycles. The summed E-state index contributed by atoms with van der Waals surface area (Å²) in [6.07, 6.45) is 0. The van der Waals surface area contributed by atoms with Crippen molar-refractivity contribution in [2.45, 2.75) is 6.54 Å². The molecule has 0 radical (unpaired) electrons.